The molecule has 29 heavy (non-hydrogen) atoms. The Bertz CT molecular complexity index is 836. The van der Waals surface area contributed by atoms with Crippen LogP contribution in [0.2, 0.25) is 0 Å². The fourth-order valence-corrected chi connectivity index (χ4v) is 3.61. The number of anilines is 2. The molecule has 8 nitrogen and oxygen atoms in total. The second kappa shape index (κ2) is 8.65. The Labute approximate surface area is 171 Å². The van der Waals surface area contributed by atoms with E-state index in [0.717, 1.165) is 44.2 Å². The van der Waals surface area contributed by atoms with E-state index in [0.29, 0.717) is 24.5 Å². The Morgan fingerprint density at radius 1 is 1.14 bits per heavy atom. The third kappa shape index (κ3) is 4.59. The molecule has 1 amide bonds. The van der Waals surface area contributed by atoms with Crippen LogP contribution in [-0.4, -0.2) is 80.4 Å². The van der Waals surface area contributed by atoms with E-state index in [9.17, 15) is 4.79 Å². The number of ether oxygens (including phenoxy) is 2. The van der Waals surface area contributed by atoms with Gasteiger partial charge in [-0.1, -0.05) is 0 Å². The zero-order valence-corrected chi connectivity index (χ0v) is 17.0. The summed E-state index contributed by atoms with van der Waals surface area (Å²) >= 11 is 0. The van der Waals surface area contributed by atoms with E-state index < -0.39 is 0 Å². The summed E-state index contributed by atoms with van der Waals surface area (Å²) < 4.78 is 11.4. The maximum Gasteiger partial charge on any atom is 0.253 e. The minimum absolute atomic E-state index is 0.0396. The van der Waals surface area contributed by atoms with Gasteiger partial charge >= 0.3 is 0 Å². The van der Waals surface area contributed by atoms with Crippen molar-refractivity contribution in [2.75, 3.05) is 63.3 Å². The number of nitrogens with zero attached hydrogens (tertiary/aromatic N) is 5. The van der Waals surface area contributed by atoms with Crippen molar-refractivity contribution in [3.63, 3.8) is 0 Å². The minimum atomic E-state index is -0.0710. The van der Waals surface area contributed by atoms with E-state index >= 15 is 0 Å². The van der Waals surface area contributed by atoms with Crippen LogP contribution < -0.4 is 14.5 Å². The summed E-state index contributed by atoms with van der Waals surface area (Å²) in [6.45, 7) is 4.50. The zero-order chi connectivity index (χ0) is 20.2. The number of aromatic nitrogens is 2. The Kier molecular flexibility index (Phi) is 5.80. The van der Waals surface area contributed by atoms with Gasteiger partial charge < -0.3 is 24.2 Å². The summed E-state index contributed by atoms with van der Waals surface area (Å²) in [6.07, 6.45) is 4.02. The SMILES string of the molecule is CN(C)c1cncc(O[C@@H]2CCN(C(=O)c3ccc(N4CCOCC4)cc3)C2)n1. The number of hydrogen-bond acceptors (Lipinski definition) is 7. The van der Waals surface area contributed by atoms with Gasteiger partial charge in [0.15, 0.2) is 5.82 Å². The lowest BCUT2D eigenvalue weighted by Gasteiger charge is -2.29. The van der Waals surface area contributed by atoms with E-state index in [4.69, 9.17) is 9.47 Å². The van der Waals surface area contributed by atoms with E-state index in [-0.39, 0.29) is 12.0 Å². The molecule has 0 bridgehead atoms. The number of amides is 1. The summed E-state index contributed by atoms with van der Waals surface area (Å²) in [5.74, 6) is 1.27. The van der Waals surface area contributed by atoms with Crippen LogP contribution >= 0.6 is 0 Å². The van der Waals surface area contributed by atoms with Gasteiger partial charge in [0.2, 0.25) is 5.88 Å². The molecule has 0 aliphatic carbocycles. The molecule has 0 N–H and O–H groups in total. The fourth-order valence-electron chi connectivity index (χ4n) is 3.61. The fraction of sp³-hybridized carbons (Fsp3) is 0.476. The first-order valence-corrected chi connectivity index (χ1v) is 9.98. The monoisotopic (exact) mass is 397 g/mol. The molecule has 0 spiro atoms. The third-order valence-corrected chi connectivity index (χ3v) is 5.27. The van der Waals surface area contributed by atoms with Crippen molar-refractivity contribution in [3.05, 3.63) is 42.2 Å². The lowest BCUT2D eigenvalue weighted by molar-refractivity contribution is 0.0771. The van der Waals surface area contributed by atoms with Crippen molar-refractivity contribution in [1.82, 2.24) is 14.9 Å². The molecular weight excluding hydrogens is 370 g/mol. The lowest BCUT2D eigenvalue weighted by atomic mass is 10.1. The Morgan fingerprint density at radius 2 is 1.90 bits per heavy atom. The average Bonchev–Trinajstić information content (AvgIpc) is 3.22. The molecule has 2 aliphatic heterocycles. The molecule has 3 heterocycles. The molecule has 4 rings (SSSR count). The Morgan fingerprint density at radius 3 is 2.62 bits per heavy atom. The molecule has 2 saturated heterocycles. The molecule has 0 saturated carbocycles. The van der Waals surface area contributed by atoms with Crippen molar-refractivity contribution in [2.45, 2.75) is 12.5 Å². The molecule has 8 heteroatoms. The highest BCUT2D eigenvalue weighted by Gasteiger charge is 2.29. The number of carbonyl (C=O) groups excluding carboxylic acids is 1. The molecule has 2 aromatic rings. The van der Waals surface area contributed by atoms with Crippen LogP contribution in [0.3, 0.4) is 0 Å². The van der Waals surface area contributed by atoms with Crippen molar-refractivity contribution in [3.8, 4) is 5.88 Å². The predicted octanol–water partition coefficient (Wildman–Crippen LogP) is 1.67. The summed E-state index contributed by atoms with van der Waals surface area (Å²) in [4.78, 5) is 27.5. The normalized spacial score (nSPS) is 19.3. The van der Waals surface area contributed by atoms with E-state index in [1.807, 2.05) is 48.2 Å². The van der Waals surface area contributed by atoms with E-state index in [2.05, 4.69) is 14.9 Å². The predicted molar refractivity (Wildman–Crippen MR) is 111 cm³/mol. The molecule has 2 aliphatic rings. The standard InChI is InChI=1S/C21H27N5O3/c1-24(2)19-13-22-14-20(23-19)29-18-7-8-26(15-18)21(27)16-3-5-17(6-4-16)25-9-11-28-12-10-25/h3-6,13-14,18H,7-12,15H2,1-2H3/t18-/m1/s1. The van der Waals surface area contributed by atoms with Gasteiger partial charge in [-0.25, -0.2) is 0 Å². The van der Waals surface area contributed by atoms with Crippen LogP contribution in [0.5, 0.6) is 5.88 Å². The molecular formula is C21H27N5O3. The van der Waals surface area contributed by atoms with Gasteiger partial charge in [0.05, 0.1) is 32.2 Å². The van der Waals surface area contributed by atoms with E-state index in [1.165, 1.54) is 0 Å². The second-order valence-corrected chi connectivity index (χ2v) is 7.54. The summed E-state index contributed by atoms with van der Waals surface area (Å²) in [6, 6.07) is 7.86. The molecule has 1 aromatic carbocycles. The maximum absolute atomic E-state index is 12.9. The Hall–Kier alpha value is -2.87. The molecule has 1 atom stereocenters. The van der Waals surface area contributed by atoms with Crippen LogP contribution in [0.25, 0.3) is 0 Å². The van der Waals surface area contributed by atoms with Gasteiger partial charge in [0.1, 0.15) is 6.10 Å². The Balaban J connectivity index is 1.35. The molecule has 0 radical (unpaired) electrons. The van der Waals surface area contributed by atoms with E-state index in [1.54, 1.807) is 12.4 Å². The highest BCUT2D eigenvalue weighted by Crippen LogP contribution is 2.21. The van der Waals surface area contributed by atoms with Gasteiger partial charge in [-0.15, -0.1) is 0 Å². The van der Waals surface area contributed by atoms with Crippen LogP contribution in [0.15, 0.2) is 36.7 Å². The third-order valence-electron chi connectivity index (χ3n) is 5.27. The summed E-state index contributed by atoms with van der Waals surface area (Å²) in [7, 11) is 3.82. The smallest absolute Gasteiger partial charge is 0.253 e. The number of benzene rings is 1. The number of carbonyl (C=O) groups is 1. The highest BCUT2D eigenvalue weighted by molar-refractivity contribution is 5.94. The van der Waals surface area contributed by atoms with Gasteiger partial charge in [-0.05, 0) is 24.3 Å². The number of likely N-dealkylation sites (tertiary alicyclic amines) is 1. The highest BCUT2D eigenvalue weighted by atomic mass is 16.5. The van der Waals surface area contributed by atoms with Crippen LogP contribution in [-0.2, 0) is 4.74 Å². The second-order valence-electron chi connectivity index (χ2n) is 7.54. The van der Waals surface area contributed by atoms with Crippen LogP contribution in [0.1, 0.15) is 16.8 Å². The van der Waals surface area contributed by atoms with Gasteiger partial charge in [0.25, 0.3) is 5.91 Å². The van der Waals surface area contributed by atoms with Crippen molar-refractivity contribution < 1.29 is 14.3 Å². The first kappa shape index (κ1) is 19.4. The maximum atomic E-state index is 12.9. The van der Waals surface area contributed by atoms with Crippen molar-refractivity contribution in [1.29, 1.82) is 0 Å². The lowest BCUT2D eigenvalue weighted by Crippen LogP contribution is -2.36. The molecule has 2 fully saturated rings. The summed E-state index contributed by atoms with van der Waals surface area (Å²) in [5.41, 5.74) is 1.84. The zero-order valence-electron chi connectivity index (χ0n) is 17.0. The largest absolute Gasteiger partial charge is 0.471 e. The van der Waals surface area contributed by atoms with Crippen molar-refractivity contribution >= 4 is 17.4 Å². The molecule has 0 unspecified atom stereocenters. The number of rotatable bonds is 5. The minimum Gasteiger partial charge on any atom is -0.471 e. The quantitative estimate of drug-likeness (QED) is 0.760. The van der Waals surface area contributed by atoms with Crippen molar-refractivity contribution in [2.24, 2.45) is 0 Å². The summed E-state index contributed by atoms with van der Waals surface area (Å²) in [5, 5.41) is 0. The first-order valence-electron chi connectivity index (χ1n) is 9.98. The van der Waals surface area contributed by atoms with Gasteiger partial charge in [-0.2, -0.15) is 4.98 Å². The molecule has 1 aromatic heterocycles. The number of morpholine rings is 1. The van der Waals surface area contributed by atoms with Gasteiger partial charge in [0, 0.05) is 51.4 Å². The molecule has 154 valence electrons. The van der Waals surface area contributed by atoms with Crippen LogP contribution in [0, 0.1) is 0 Å². The number of hydrogen-bond donors (Lipinski definition) is 0. The van der Waals surface area contributed by atoms with Gasteiger partial charge in [-0.3, -0.25) is 9.78 Å². The average molecular weight is 397 g/mol. The first-order chi connectivity index (χ1) is 14.1. The van der Waals surface area contributed by atoms with Crippen LogP contribution in [0.4, 0.5) is 11.5 Å². The topological polar surface area (TPSA) is 71.0 Å².